The Kier molecular flexibility index (Phi) is 8.49. The van der Waals surface area contributed by atoms with Gasteiger partial charge in [-0.3, -0.25) is 14.3 Å². The van der Waals surface area contributed by atoms with Crippen molar-refractivity contribution in [2.75, 3.05) is 0 Å². The second-order valence-electron chi connectivity index (χ2n) is 13.3. The summed E-state index contributed by atoms with van der Waals surface area (Å²) in [4.78, 5) is 27.1. The van der Waals surface area contributed by atoms with E-state index in [1.165, 1.54) is 6.42 Å². The summed E-state index contributed by atoms with van der Waals surface area (Å²) in [7, 11) is -0.531. The molecule has 1 aliphatic heterocycles. The number of nitrogens with one attached hydrogen (secondary N) is 2. The van der Waals surface area contributed by atoms with E-state index in [1.54, 1.807) is 35.3 Å². The van der Waals surface area contributed by atoms with Crippen molar-refractivity contribution >= 4 is 25.0 Å². The molecule has 9 heteroatoms. The minimum atomic E-state index is -0.831. The van der Waals surface area contributed by atoms with Gasteiger partial charge in [-0.1, -0.05) is 58.9 Å². The first kappa shape index (κ1) is 29.6. The molecule has 1 aromatic heterocycles. The van der Waals surface area contributed by atoms with Gasteiger partial charge in [0.15, 0.2) is 0 Å². The van der Waals surface area contributed by atoms with Gasteiger partial charge in [-0.2, -0.15) is 5.10 Å². The molecular formula is C32H45BN4O4. The molecule has 0 unspecified atom stereocenters. The van der Waals surface area contributed by atoms with Crippen LogP contribution in [-0.4, -0.2) is 52.4 Å². The van der Waals surface area contributed by atoms with Crippen molar-refractivity contribution in [1.82, 2.24) is 20.4 Å². The molecule has 2 heterocycles. The first-order valence-corrected chi connectivity index (χ1v) is 15.2. The molecule has 0 radical (unpaired) electrons. The summed E-state index contributed by atoms with van der Waals surface area (Å²) < 4.78 is 14.9. The summed E-state index contributed by atoms with van der Waals surface area (Å²) in [6.07, 6.45) is 11.4. The average Bonchev–Trinajstić information content (AvgIpc) is 3.57. The summed E-state index contributed by atoms with van der Waals surface area (Å²) >= 11 is 0. The fourth-order valence-corrected chi connectivity index (χ4v) is 7.13. The monoisotopic (exact) mass is 560 g/mol. The molecule has 3 aliphatic carbocycles. The molecule has 4 fully saturated rings. The fraction of sp³-hybridized carbons (Fsp3) is 0.594. The molecule has 6 rings (SSSR count). The van der Waals surface area contributed by atoms with Crippen LogP contribution < -0.4 is 10.6 Å². The number of rotatable bonds is 11. The standard InChI is InChI=1S/C32H45BN4O4/c1-7-8-10-22-11-13-23(14-12-22)29(38)35-25(20-37-16-9-15-34-37)30(39)36-28(17-21(2)3)33-40-27-19-24-18-26(31(24,4)5)32(27,6)41-33/h8-16,21,24-28H,7,17-20H2,1-6H3,(H,35,38)(H,36,39)/b10-8+/t24-,25-,26-,27+,28-,32-/m0/s1. The first-order valence-electron chi connectivity index (χ1n) is 15.2. The van der Waals surface area contributed by atoms with Gasteiger partial charge in [-0.05, 0) is 79.5 Å². The van der Waals surface area contributed by atoms with Gasteiger partial charge in [0.2, 0.25) is 5.91 Å². The van der Waals surface area contributed by atoms with Gasteiger partial charge >= 0.3 is 7.12 Å². The van der Waals surface area contributed by atoms with Crippen molar-refractivity contribution in [3.63, 3.8) is 0 Å². The predicted molar refractivity (Wildman–Crippen MR) is 161 cm³/mol. The lowest BCUT2D eigenvalue weighted by Crippen LogP contribution is -2.65. The van der Waals surface area contributed by atoms with E-state index in [1.807, 2.05) is 18.2 Å². The second-order valence-corrected chi connectivity index (χ2v) is 13.3. The summed E-state index contributed by atoms with van der Waals surface area (Å²) in [5, 5.41) is 10.4. The quantitative estimate of drug-likeness (QED) is 0.381. The normalized spacial score (nSPS) is 27.8. The van der Waals surface area contributed by atoms with Crippen LogP contribution in [0.2, 0.25) is 0 Å². The third-order valence-electron chi connectivity index (χ3n) is 9.62. The number of allylic oxidation sites excluding steroid dienone is 1. The van der Waals surface area contributed by atoms with Crippen molar-refractivity contribution in [2.45, 2.75) is 97.5 Å². The summed E-state index contributed by atoms with van der Waals surface area (Å²) in [6, 6.07) is 8.35. The molecule has 220 valence electrons. The number of amides is 2. The molecule has 4 aliphatic rings. The van der Waals surface area contributed by atoms with E-state index >= 15 is 0 Å². The first-order chi connectivity index (χ1) is 19.5. The zero-order valence-corrected chi connectivity index (χ0v) is 25.3. The van der Waals surface area contributed by atoms with E-state index in [0.717, 1.165) is 18.4 Å². The Balaban J connectivity index is 1.31. The Hall–Kier alpha value is -2.91. The van der Waals surface area contributed by atoms with Crippen LogP contribution in [0, 0.1) is 23.2 Å². The van der Waals surface area contributed by atoms with Crippen molar-refractivity contribution in [2.24, 2.45) is 23.2 Å². The highest BCUT2D eigenvalue weighted by Gasteiger charge is 2.68. The van der Waals surface area contributed by atoms with E-state index in [9.17, 15) is 9.59 Å². The highest BCUT2D eigenvalue weighted by Crippen LogP contribution is 2.65. The molecule has 41 heavy (non-hydrogen) atoms. The zero-order valence-electron chi connectivity index (χ0n) is 25.3. The van der Waals surface area contributed by atoms with Gasteiger partial charge in [0.05, 0.1) is 24.2 Å². The number of carbonyl (C=O) groups excluding carboxylic acids is 2. The smallest absolute Gasteiger partial charge is 0.404 e. The Morgan fingerprint density at radius 2 is 1.93 bits per heavy atom. The van der Waals surface area contributed by atoms with Crippen LogP contribution in [0.3, 0.4) is 0 Å². The van der Waals surface area contributed by atoms with Crippen LogP contribution in [0.15, 0.2) is 48.8 Å². The second kappa shape index (κ2) is 11.8. The van der Waals surface area contributed by atoms with Crippen LogP contribution in [0.4, 0.5) is 0 Å². The molecule has 3 saturated carbocycles. The molecule has 6 atom stereocenters. The van der Waals surface area contributed by atoms with Crippen molar-refractivity contribution in [3.8, 4) is 0 Å². The number of carbonyl (C=O) groups is 2. The Morgan fingerprint density at radius 1 is 1.17 bits per heavy atom. The number of aromatic nitrogens is 2. The third-order valence-corrected chi connectivity index (χ3v) is 9.62. The average molecular weight is 561 g/mol. The summed E-state index contributed by atoms with van der Waals surface area (Å²) in [5.41, 5.74) is 1.41. The minimum absolute atomic E-state index is 0.0329. The van der Waals surface area contributed by atoms with Crippen molar-refractivity contribution in [1.29, 1.82) is 0 Å². The minimum Gasteiger partial charge on any atom is -0.404 e. The molecule has 0 spiro atoms. The van der Waals surface area contributed by atoms with Gasteiger partial charge in [0.25, 0.3) is 5.91 Å². The molecule has 2 aromatic rings. The van der Waals surface area contributed by atoms with E-state index in [0.29, 0.717) is 29.7 Å². The van der Waals surface area contributed by atoms with Gasteiger partial charge in [-0.25, -0.2) is 0 Å². The van der Waals surface area contributed by atoms with E-state index in [4.69, 9.17) is 9.31 Å². The maximum atomic E-state index is 13.8. The number of hydrogen-bond donors (Lipinski definition) is 2. The lowest BCUT2D eigenvalue weighted by Gasteiger charge is -2.64. The van der Waals surface area contributed by atoms with Crippen LogP contribution in [0.1, 0.15) is 83.1 Å². The molecule has 1 aromatic carbocycles. The Bertz CT molecular complexity index is 1240. The highest BCUT2D eigenvalue weighted by atomic mass is 16.7. The lowest BCUT2D eigenvalue weighted by atomic mass is 9.43. The summed E-state index contributed by atoms with van der Waals surface area (Å²) in [5.74, 6) is 0.474. The number of nitrogens with zero attached hydrogens (tertiary/aromatic N) is 2. The van der Waals surface area contributed by atoms with Crippen LogP contribution in [0.5, 0.6) is 0 Å². The fourth-order valence-electron chi connectivity index (χ4n) is 7.13. The summed E-state index contributed by atoms with van der Waals surface area (Å²) in [6.45, 7) is 13.4. The van der Waals surface area contributed by atoms with Gasteiger partial charge in [0, 0.05) is 18.0 Å². The van der Waals surface area contributed by atoms with Crippen LogP contribution in [0.25, 0.3) is 6.08 Å². The Labute approximate surface area is 244 Å². The zero-order chi connectivity index (χ0) is 29.4. The molecular weight excluding hydrogens is 515 g/mol. The molecule has 1 saturated heterocycles. The molecule has 2 N–H and O–H groups in total. The maximum Gasteiger partial charge on any atom is 0.481 e. The maximum absolute atomic E-state index is 13.8. The van der Waals surface area contributed by atoms with Gasteiger partial charge in [-0.15, -0.1) is 0 Å². The van der Waals surface area contributed by atoms with Crippen LogP contribution in [-0.2, 0) is 20.6 Å². The van der Waals surface area contributed by atoms with Gasteiger partial charge in [0.1, 0.15) is 6.04 Å². The highest BCUT2D eigenvalue weighted by molar-refractivity contribution is 6.48. The third kappa shape index (κ3) is 6.02. The molecule has 2 amide bonds. The van der Waals surface area contributed by atoms with E-state index < -0.39 is 13.2 Å². The predicted octanol–water partition coefficient (Wildman–Crippen LogP) is 4.90. The van der Waals surface area contributed by atoms with Gasteiger partial charge < -0.3 is 19.9 Å². The molecule has 8 nitrogen and oxygen atoms in total. The molecule has 2 bridgehead atoms. The van der Waals surface area contributed by atoms with E-state index in [-0.39, 0.29) is 41.4 Å². The lowest BCUT2D eigenvalue weighted by molar-refractivity contribution is -0.199. The van der Waals surface area contributed by atoms with Crippen LogP contribution >= 0.6 is 0 Å². The number of hydrogen-bond acceptors (Lipinski definition) is 5. The van der Waals surface area contributed by atoms with Crippen molar-refractivity contribution in [3.05, 3.63) is 59.9 Å². The Morgan fingerprint density at radius 3 is 2.56 bits per heavy atom. The topological polar surface area (TPSA) is 94.5 Å². The van der Waals surface area contributed by atoms with E-state index in [2.05, 4.69) is 63.4 Å². The largest absolute Gasteiger partial charge is 0.481 e. The SMILES string of the molecule is CC/C=C/c1ccc(C(=O)N[C@@H](Cn2cccn2)C(=O)N[C@@H](CC(C)C)B2O[C@@H]3C[C@@H]4C[C@@H](C4(C)C)[C@]3(C)O2)cc1. The number of benzene rings is 1. The van der Waals surface area contributed by atoms with Crippen molar-refractivity contribution < 1.29 is 18.9 Å².